The molecule has 0 saturated heterocycles. The summed E-state index contributed by atoms with van der Waals surface area (Å²) >= 11 is 0. The fourth-order valence-corrected chi connectivity index (χ4v) is 2.18. The largest absolute Gasteiger partial charge is 0.326 e. The highest BCUT2D eigenvalue weighted by Crippen LogP contribution is 2.15. The summed E-state index contributed by atoms with van der Waals surface area (Å²) < 4.78 is 13.9. The Kier molecular flexibility index (Phi) is 7.03. The molecule has 0 unspecified atom stereocenters. The van der Waals surface area contributed by atoms with E-state index in [1.54, 1.807) is 6.07 Å². The number of unbranched alkanes of at least 4 members (excludes halogenated alkanes) is 2. The van der Waals surface area contributed by atoms with E-state index < -0.39 is 0 Å². The van der Waals surface area contributed by atoms with E-state index in [4.69, 9.17) is 5.73 Å². The van der Waals surface area contributed by atoms with Crippen molar-refractivity contribution in [1.82, 2.24) is 4.90 Å². The molecule has 2 nitrogen and oxygen atoms in total. The van der Waals surface area contributed by atoms with Crippen LogP contribution in [-0.2, 0) is 13.1 Å². The zero-order valence-corrected chi connectivity index (χ0v) is 12.5. The topological polar surface area (TPSA) is 29.3 Å². The molecule has 0 bridgehead atoms. The first-order chi connectivity index (χ1) is 9.08. The Morgan fingerprint density at radius 2 is 2.00 bits per heavy atom. The van der Waals surface area contributed by atoms with Crippen LogP contribution in [0.5, 0.6) is 0 Å². The predicted molar refractivity (Wildman–Crippen MR) is 79.4 cm³/mol. The average Bonchev–Trinajstić information content (AvgIpc) is 2.39. The lowest BCUT2D eigenvalue weighted by molar-refractivity contribution is 0.206. The summed E-state index contributed by atoms with van der Waals surface area (Å²) in [5.74, 6) is -0.127. The molecule has 0 aliphatic rings. The van der Waals surface area contributed by atoms with Gasteiger partial charge in [-0.3, -0.25) is 4.90 Å². The number of hydrogen-bond acceptors (Lipinski definition) is 2. The van der Waals surface area contributed by atoms with Crippen molar-refractivity contribution in [2.45, 2.75) is 59.2 Å². The zero-order valence-electron chi connectivity index (χ0n) is 12.5. The van der Waals surface area contributed by atoms with Crippen molar-refractivity contribution >= 4 is 0 Å². The minimum absolute atomic E-state index is 0.127. The Hall–Kier alpha value is -0.930. The molecular formula is C16H27FN2. The Morgan fingerprint density at radius 1 is 1.26 bits per heavy atom. The number of nitrogens with two attached hydrogens (primary N) is 1. The highest BCUT2D eigenvalue weighted by atomic mass is 19.1. The summed E-state index contributed by atoms with van der Waals surface area (Å²) in [5.41, 5.74) is 7.37. The number of hydrogen-bond donors (Lipinski definition) is 1. The first-order valence-electron chi connectivity index (χ1n) is 7.29. The van der Waals surface area contributed by atoms with E-state index in [0.717, 1.165) is 17.7 Å². The van der Waals surface area contributed by atoms with Crippen molar-refractivity contribution in [3.63, 3.8) is 0 Å². The smallest absolute Gasteiger partial charge is 0.127 e. The van der Waals surface area contributed by atoms with Crippen molar-refractivity contribution in [3.05, 3.63) is 35.1 Å². The lowest BCUT2D eigenvalue weighted by Gasteiger charge is -2.27. The van der Waals surface area contributed by atoms with Crippen LogP contribution in [0.4, 0.5) is 4.39 Å². The molecular weight excluding hydrogens is 239 g/mol. The molecule has 108 valence electrons. The molecule has 3 heteroatoms. The summed E-state index contributed by atoms with van der Waals surface area (Å²) in [7, 11) is 0. The van der Waals surface area contributed by atoms with Crippen LogP contribution in [0.2, 0.25) is 0 Å². The SMILES string of the molecule is CCCCCN(Cc1cc(CN)ccc1F)C(C)C. The first-order valence-corrected chi connectivity index (χ1v) is 7.29. The number of nitrogens with zero attached hydrogens (tertiary/aromatic N) is 1. The molecule has 0 aliphatic carbocycles. The standard InChI is InChI=1S/C16H27FN2/c1-4-5-6-9-19(13(2)3)12-15-10-14(11-18)7-8-16(15)17/h7-8,10,13H,4-6,9,11-12,18H2,1-3H3. The Morgan fingerprint density at radius 3 is 2.58 bits per heavy atom. The number of benzene rings is 1. The predicted octanol–water partition coefficient (Wildman–Crippen LogP) is 3.69. The molecule has 0 amide bonds. The second-order valence-corrected chi connectivity index (χ2v) is 5.40. The molecule has 0 atom stereocenters. The van der Waals surface area contributed by atoms with Gasteiger partial charge in [-0.15, -0.1) is 0 Å². The summed E-state index contributed by atoms with van der Waals surface area (Å²) in [4.78, 5) is 2.33. The second kappa shape index (κ2) is 8.28. The first kappa shape index (κ1) is 16.1. The zero-order chi connectivity index (χ0) is 14.3. The van der Waals surface area contributed by atoms with Gasteiger partial charge in [-0.1, -0.05) is 31.9 Å². The monoisotopic (exact) mass is 266 g/mol. The molecule has 0 fully saturated rings. The molecule has 0 heterocycles. The molecule has 0 saturated carbocycles. The molecule has 0 spiro atoms. The quantitative estimate of drug-likeness (QED) is 0.727. The van der Waals surface area contributed by atoms with E-state index in [1.807, 2.05) is 6.07 Å². The van der Waals surface area contributed by atoms with E-state index in [1.165, 1.54) is 25.3 Å². The highest BCUT2D eigenvalue weighted by molar-refractivity contribution is 5.25. The van der Waals surface area contributed by atoms with Gasteiger partial charge in [0.25, 0.3) is 0 Å². The van der Waals surface area contributed by atoms with E-state index in [2.05, 4.69) is 25.7 Å². The maximum absolute atomic E-state index is 13.9. The minimum Gasteiger partial charge on any atom is -0.326 e. The van der Waals surface area contributed by atoms with Crippen LogP contribution in [0.15, 0.2) is 18.2 Å². The lowest BCUT2D eigenvalue weighted by atomic mass is 10.1. The van der Waals surface area contributed by atoms with Crippen molar-refractivity contribution < 1.29 is 4.39 Å². The third-order valence-electron chi connectivity index (χ3n) is 3.50. The Balaban J connectivity index is 2.72. The fraction of sp³-hybridized carbons (Fsp3) is 0.625. The Labute approximate surface area is 116 Å². The van der Waals surface area contributed by atoms with E-state index in [9.17, 15) is 4.39 Å². The molecule has 2 N–H and O–H groups in total. The molecule has 0 radical (unpaired) electrons. The van der Waals surface area contributed by atoms with Crippen LogP contribution >= 0.6 is 0 Å². The molecule has 1 aromatic rings. The maximum Gasteiger partial charge on any atom is 0.127 e. The Bertz CT molecular complexity index is 377. The van der Waals surface area contributed by atoms with Gasteiger partial charge < -0.3 is 5.73 Å². The third kappa shape index (κ3) is 5.29. The van der Waals surface area contributed by atoms with Gasteiger partial charge in [-0.05, 0) is 38.4 Å². The summed E-state index contributed by atoms with van der Waals surface area (Å²) in [6.45, 7) is 8.68. The highest BCUT2D eigenvalue weighted by Gasteiger charge is 2.12. The van der Waals surface area contributed by atoms with Crippen LogP contribution < -0.4 is 5.73 Å². The van der Waals surface area contributed by atoms with Crippen LogP contribution in [0.25, 0.3) is 0 Å². The molecule has 19 heavy (non-hydrogen) atoms. The fourth-order valence-electron chi connectivity index (χ4n) is 2.18. The van der Waals surface area contributed by atoms with Gasteiger partial charge >= 0.3 is 0 Å². The number of rotatable bonds is 8. The second-order valence-electron chi connectivity index (χ2n) is 5.40. The van der Waals surface area contributed by atoms with Gasteiger partial charge in [-0.2, -0.15) is 0 Å². The van der Waals surface area contributed by atoms with Gasteiger partial charge in [0.15, 0.2) is 0 Å². The molecule has 0 aromatic heterocycles. The van der Waals surface area contributed by atoms with E-state index in [0.29, 0.717) is 19.1 Å². The van der Waals surface area contributed by atoms with Crippen molar-refractivity contribution in [3.8, 4) is 0 Å². The summed E-state index contributed by atoms with van der Waals surface area (Å²) in [6.07, 6.45) is 3.62. The normalized spacial score (nSPS) is 11.5. The third-order valence-corrected chi connectivity index (χ3v) is 3.50. The molecule has 1 aromatic carbocycles. The van der Waals surface area contributed by atoms with Crippen LogP contribution in [-0.4, -0.2) is 17.5 Å². The summed E-state index contributed by atoms with van der Waals surface area (Å²) in [6, 6.07) is 5.61. The molecule has 0 aliphatic heterocycles. The minimum atomic E-state index is -0.127. The van der Waals surface area contributed by atoms with Crippen LogP contribution in [0.1, 0.15) is 51.2 Å². The van der Waals surface area contributed by atoms with Crippen LogP contribution in [0, 0.1) is 5.82 Å². The van der Waals surface area contributed by atoms with Crippen molar-refractivity contribution in [2.75, 3.05) is 6.54 Å². The van der Waals surface area contributed by atoms with Gasteiger partial charge in [0.1, 0.15) is 5.82 Å². The van der Waals surface area contributed by atoms with Gasteiger partial charge in [0, 0.05) is 24.7 Å². The van der Waals surface area contributed by atoms with Gasteiger partial charge in [0.2, 0.25) is 0 Å². The van der Waals surface area contributed by atoms with Crippen molar-refractivity contribution in [1.29, 1.82) is 0 Å². The lowest BCUT2D eigenvalue weighted by Crippen LogP contribution is -2.31. The maximum atomic E-state index is 13.9. The van der Waals surface area contributed by atoms with Gasteiger partial charge in [0.05, 0.1) is 0 Å². The summed E-state index contributed by atoms with van der Waals surface area (Å²) in [5, 5.41) is 0. The van der Waals surface area contributed by atoms with Crippen molar-refractivity contribution in [2.24, 2.45) is 5.73 Å². The molecule has 1 rings (SSSR count). The van der Waals surface area contributed by atoms with E-state index >= 15 is 0 Å². The number of halogens is 1. The van der Waals surface area contributed by atoms with Gasteiger partial charge in [-0.25, -0.2) is 4.39 Å². The van der Waals surface area contributed by atoms with E-state index in [-0.39, 0.29) is 5.82 Å². The van der Waals surface area contributed by atoms with Crippen LogP contribution in [0.3, 0.4) is 0 Å². The average molecular weight is 266 g/mol.